The fourth-order valence-corrected chi connectivity index (χ4v) is 8.22. The summed E-state index contributed by atoms with van der Waals surface area (Å²) in [7, 11) is 0. The van der Waals surface area contributed by atoms with Crippen LogP contribution in [0.3, 0.4) is 0 Å². The second-order valence-corrected chi connectivity index (χ2v) is 17.7. The molecule has 0 saturated carbocycles. The maximum atomic E-state index is 11.5. The third-order valence-electron chi connectivity index (χ3n) is 12.1. The molecule has 0 spiro atoms. The smallest absolute Gasteiger partial charge is 0.330 e. The molecule has 0 aliphatic rings. The van der Waals surface area contributed by atoms with Gasteiger partial charge in [0.05, 0.1) is 46.2 Å². The van der Waals surface area contributed by atoms with E-state index in [1.807, 2.05) is 0 Å². The molecule has 4 aromatic carbocycles. The normalized spacial score (nSPS) is 11.3. The Morgan fingerprint density at radius 1 is 0.338 bits per heavy atom. The van der Waals surface area contributed by atoms with Crippen molar-refractivity contribution in [2.75, 3.05) is 46.2 Å². The molecule has 0 bridgehead atoms. The highest BCUT2D eigenvalue weighted by molar-refractivity contribution is 6.26. The van der Waals surface area contributed by atoms with E-state index in [0.717, 1.165) is 157 Å². The quantitative estimate of drug-likeness (QED) is 0.0190. The molecule has 65 heavy (non-hydrogen) atoms. The van der Waals surface area contributed by atoms with Gasteiger partial charge in [-0.15, -0.1) is 0 Å². The summed E-state index contributed by atoms with van der Waals surface area (Å²) in [5.74, 6) is 4.26. The van der Waals surface area contributed by atoms with E-state index in [0.29, 0.717) is 46.2 Å². The Hall–Kier alpha value is -4.33. The Balaban J connectivity index is 1.89. The molecule has 0 atom stereocenters. The molecule has 0 aliphatic heterocycles. The second kappa shape index (κ2) is 32.4. The molecule has 0 unspecified atom stereocenters. The lowest BCUT2D eigenvalue weighted by Crippen LogP contribution is -2.05. The van der Waals surface area contributed by atoms with Gasteiger partial charge in [-0.05, 0) is 127 Å². The van der Waals surface area contributed by atoms with Crippen LogP contribution in [0.4, 0.5) is 0 Å². The summed E-state index contributed by atoms with van der Waals surface area (Å²) in [5.41, 5.74) is 0. The molecule has 0 aliphatic carbocycles. The standard InChI is InChI=1S/C57H86O8/c1-7-13-18-25-32-59-51-39-45-46-40-52(60-33-26-19-14-8-2)54(62-35-28-21-16-10-4)42-48(46)50-44-56(64-37-30-23-24-31-38-65-57(58)12-6)55(63-36-29-22-17-11-5)43-49(50)47(45)41-53(51)61-34-27-20-15-9-3/h12,39-44H,6-11,13-38H2,1-5H3. The van der Waals surface area contributed by atoms with E-state index in [2.05, 4.69) is 77.6 Å². The SMILES string of the molecule is C=CC(=O)OCCCCCCOc1cc2c3cc(OCCCCCC)c(OCCCCCC)cc3c3cc(OCCCCCC)c(OCCCCCC)cc3c2cc1OCCCCCC. The summed E-state index contributed by atoms with van der Waals surface area (Å²) < 4.78 is 45.1. The Morgan fingerprint density at radius 2 is 0.538 bits per heavy atom. The summed E-state index contributed by atoms with van der Waals surface area (Å²) in [4.78, 5) is 11.5. The number of hydrogen-bond donors (Lipinski definition) is 0. The van der Waals surface area contributed by atoms with Gasteiger partial charge >= 0.3 is 5.97 Å². The van der Waals surface area contributed by atoms with Crippen LogP contribution in [0.15, 0.2) is 49.1 Å². The lowest BCUT2D eigenvalue weighted by atomic mass is 9.93. The largest absolute Gasteiger partial charge is 0.490 e. The molecule has 4 rings (SSSR count). The van der Waals surface area contributed by atoms with E-state index in [9.17, 15) is 4.79 Å². The monoisotopic (exact) mass is 899 g/mol. The van der Waals surface area contributed by atoms with Gasteiger partial charge in [0.15, 0.2) is 34.5 Å². The van der Waals surface area contributed by atoms with Crippen molar-refractivity contribution in [3.63, 3.8) is 0 Å². The van der Waals surface area contributed by atoms with Crippen molar-refractivity contribution in [1.82, 2.24) is 0 Å². The fourth-order valence-electron chi connectivity index (χ4n) is 8.22. The minimum atomic E-state index is -0.373. The van der Waals surface area contributed by atoms with Gasteiger partial charge in [0.1, 0.15) is 0 Å². The molecule has 4 aromatic rings. The van der Waals surface area contributed by atoms with Gasteiger partial charge in [0.2, 0.25) is 0 Å². The highest BCUT2D eigenvalue weighted by Crippen LogP contribution is 2.47. The summed E-state index contributed by atoms with van der Waals surface area (Å²) in [6.07, 6.45) is 27.3. The van der Waals surface area contributed by atoms with Crippen LogP contribution < -0.4 is 28.4 Å². The average molecular weight is 899 g/mol. The number of hydrogen-bond acceptors (Lipinski definition) is 8. The zero-order valence-electron chi connectivity index (χ0n) is 41.4. The number of esters is 1. The molecular weight excluding hydrogens is 813 g/mol. The van der Waals surface area contributed by atoms with Crippen LogP contribution in [0.1, 0.15) is 189 Å². The van der Waals surface area contributed by atoms with E-state index in [1.54, 1.807) is 0 Å². The summed E-state index contributed by atoms with van der Waals surface area (Å²) in [6.45, 7) is 18.8. The molecule has 0 radical (unpaired) electrons. The van der Waals surface area contributed by atoms with Crippen LogP contribution in [-0.2, 0) is 9.53 Å². The number of fused-ring (bicyclic) bond motifs is 6. The van der Waals surface area contributed by atoms with Crippen LogP contribution in [0, 0.1) is 0 Å². The van der Waals surface area contributed by atoms with Crippen LogP contribution in [0.25, 0.3) is 32.3 Å². The first-order valence-electron chi connectivity index (χ1n) is 26.1. The number of benzene rings is 4. The zero-order chi connectivity index (χ0) is 46.3. The molecule has 362 valence electrons. The average Bonchev–Trinajstić information content (AvgIpc) is 3.32. The molecule has 0 aromatic heterocycles. The van der Waals surface area contributed by atoms with Gasteiger partial charge < -0.3 is 33.2 Å². The summed E-state index contributed by atoms with van der Waals surface area (Å²) in [6, 6.07) is 13.2. The predicted octanol–water partition coefficient (Wildman–Crippen LogP) is 16.6. The molecule has 0 amide bonds. The van der Waals surface area contributed by atoms with E-state index in [-0.39, 0.29) is 5.97 Å². The minimum Gasteiger partial charge on any atom is -0.490 e. The Morgan fingerprint density at radius 3 is 0.738 bits per heavy atom. The van der Waals surface area contributed by atoms with Crippen molar-refractivity contribution in [3.8, 4) is 34.5 Å². The third-order valence-corrected chi connectivity index (χ3v) is 12.1. The lowest BCUT2D eigenvalue weighted by molar-refractivity contribution is -0.137. The Kier molecular flexibility index (Phi) is 26.5. The second-order valence-electron chi connectivity index (χ2n) is 17.7. The number of rotatable bonds is 39. The van der Waals surface area contributed by atoms with E-state index >= 15 is 0 Å². The van der Waals surface area contributed by atoms with Crippen molar-refractivity contribution in [3.05, 3.63) is 49.1 Å². The lowest BCUT2D eigenvalue weighted by Gasteiger charge is -2.21. The van der Waals surface area contributed by atoms with Crippen molar-refractivity contribution in [1.29, 1.82) is 0 Å². The molecule has 8 nitrogen and oxygen atoms in total. The number of ether oxygens (including phenoxy) is 7. The van der Waals surface area contributed by atoms with Crippen LogP contribution >= 0.6 is 0 Å². The highest BCUT2D eigenvalue weighted by Gasteiger charge is 2.21. The van der Waals surface area contributed by atoms with E-state index in [1.165, 1.54) is 70.3 Å². The third kappa shape index (κ3) is 18.5. The highest BCUT2D eigenvalue weighted by atomic mass is 16.5. The molecule has 0 saturated heterocycles. The first kappa shape index (κ1) is 53.3. The van der Waals surface area contributed by atoms with E-state index in [4.69, 9.17) is 33.2 Å². The summed E-state index contributed by atoms with van der Waals surface area (Å²) >= 11 is 0. The van der Waals surface area contributed by atoms with Gasteiger partial charge in [0.25, 0.3) is 0 Å². The molecule has 8 heteroatoms. The van der Waals surface area contributed by atoms with Crippen LogP contribution in [-0.4, -0.2) is 52.2 Å². The van der Waals surface area contributed by atoms with Crippen molar-refractivity contribution in [2.45, 2.75) is 189 Å². The van der Waals surface area contributed by atoms with Crippen molar-refractivity contribution >= 4 is 38.3 Å². The molecular formula is C57H86O8. The van der Waals surface area contributed by atoms with Crippen molar-refractivity contribution < 1.29 is 38.0 Å². The topological polar surface area (TPSA) is 81.7 Å². The maximum Gasteiger partial charge on any atom is 0.330 e. The van der Waals surface area contributed by atoms with Gasteiger partial charge in [-0.25, -0.2) is 4.79 Å². The number of unbranched alkanes of at least 4 members (excludes halogenated alkanes) is 18. The summed E-state index contributed by atoms with van der Waals surface area (Å²) in [5, 5.41) is 6.46. The maximum absolute atomic E-state index is 11.5. The molecule has 0 fully saturated rings. The van der Waals surface area contributed by atoms with Gasteiger partial charge in [-0.2, -0.15) is 0 Å². The zero-order valence-corrected chi connectivity index (χ0v) is 41.4. The molecule has 0 N–H and O–H groups in total. The van der Waals surface area contributed by atoms with Gasteiger partial charge in [-0.3, -0.25) is 0 Å². The first-order valence-corrected chi connectivity index (χ1v) is 26.1. The van der Waals surface area contributed by atoms with Crippen LogP contribution in [0.2, 0.25) is 0 Å². The van der Waals surface area contributed by atoms with Gasteiger partial charge in [0, 0.05) is 6.08 Å². The fraction of sp³-hybridized carbons (Fsp3) is 0.632. The Bertz CT molecular complexity index is 1900. The minimum absolute atomic E-state index is 0.373. The Labute approximate surface area is 393 Å². The van der Waals surface area contributed by atoms with Gasteiger partial charge in [-0.1, -0.05) is 138 Å². The van der Waals surface area contributed by atoms with E-state index < -0.39 is 0 Å². The number of carbonyl (C=O) groups is 1. The molecule has 0 heterocycles. The van der Waals surface area contributed by atoms with Crippen LogP contribution in [0.5, 0.6) is 34.5 Å². The van der Waals surface area contributed by atoms with Crippen molar-refractivity contribution in [2.24, 2.45) is 0 Å². The number of carbonyl (C=O) groups excluding carboxylic acids is 1. The predicted molar refractivity (Wildman–Crippen MR) is 272 cm³/mol. The first-order chi connectivity index (χ1) is 32.0.